The third kappa shape index (κ3) is 2.86. The monoisotopic (exact) mass is 319 g/mol. The molecule has 0 saturated carbocycles. The molecule has 0 radical (unpaired) electrons. The lowest BCUT2D eigenvalue weighted by atomic mass is 10.1. The molecule has 0 atom stereocenters. The molecule has 0 aliphatic carbocycles. The predicted molar refractivity (Wildman–Crippen MR) is 84.3 cm³/mol. The van der Waals surface area contributed by atoms with E-state index in [0.717, 1.165) is 11.1 Å². The summed E-state index contributed by atoms with van der Waals surface area (Å²) >= 11 is 12.0. The quantitative estimate of drug-likeness (QED) is 0.701. The molecule has 0 fully saturated rings. The second kappa shape index (κ2) is 5.39. The maximum absolute atomic E-state index is 5.98. The number of aryl methyl sites for hydroxylation is 1. The molecule has 1 heterocycles. The van der Waals surface area contributed by atoms with Crippen LogP contribution in [0.15, 0.2) is 40.9 Å². The number of rotatable bonds is 2. The highest BCUT2D eigenvalue weighted by Crippen LogP contribution is 2.29. The average Bonchev–Trinajstić information content (AvgIpc) is 2.87. The molecule has 2 aromatic carbocycles. The Morgan fingerprint density at radius 2 is 1.76 bits per heavy atom. The van der Waals surface area contributed by atoms with Crippen LogP contribution in [0.3, 0.4) is 0 Å². The van der Waals surface area contributed by atoms with Gasteiger partial charge in [0.1, 0.15) is 0 Å². The summed E-state index contributed by atoms with van der Waals surface area (Å²) in [6.45, 7) is 1.94. The number of hydrogen-bond acceptors (Lipinski definition) is 4. The van der Waals surface area contributed by atoms with Gasteiger partial charge < -0.3 is 10.3 Å². The number of halogens is 2. The lowest BCUT2D eigenvalue weighted by Gasteiger charge is -2.01. The van der Waals surface area contributed by atoms with Crippen LogP contribution in [0, 0.1) is 6.92 Å². The molecular weight excluding hydrogens is 309 g/mol. The van der Waals surface area contributed by atoms with Crippen molar-refractivity contribution in [2.45, 2.75) is 6.92 Å². The first kappa shape index (κ1) is 13.9. The number of nitrogens with zero attached hydrogens (tertiary/aromatic N) is 2. The smallest absolute Gasteiger partial charge is 0.258 e. The van der Waals surface area contributed by atoms with E-state index in [1.807, 2.05) is 19.1 Å². The van der Waals surface area contributed by atoms with Crippen molar-refractivity contribution < 1.29 is 4.52 Å². The van der Waals surface area contributed by atoms with Gasteiger partial charge in [-0.1, -0.05) is 28.4 Å². The van der Waals surface area contributed by atoms with Crippen LogP contribution in [0.5, 0.6) is 0 Å². The van der Waals surface area contributed by atoms with Gasteiger partial charge in [-0.15, -0.1) is 0 Å². The summed E-state index contributed by atoms with van der Waals surface area (Å²) in [7, 11) is 0. The SMILES string of the molecule is Cc1cc(N)ccc1-c1nc(-c2cc(Cl)cc(Cl)c2)no1. The first-order valence-corrected chi connectivity index (χ1v) is 6.95. The van der Waals surface area contributed by atoms with Gasteiger partial charge in [0, 0.05) is 26.9 Å². The Hall–Kier alpha value is -2.04. The molecule has 2 N–H and O–H groups in total. The number of benzene rings is 2. The Labute approximate surface area is 131 Å². The molecule has 3 rings (SSSR count). The van der Waals surface area contributed by atoms with E-state index in [4.69, 9.17) is 33.5 Å². The highest BCUT2D eigenvalue weighted by atomic mass is 35.5. The van der Waals surface area contributed by atoms with E-state index >= 15 is 0 Å². The molecule has 0 bridgehead atoms. The molecule has 4 nitrogen and oxygen atoms in total. The van der Waals surface area contributed by atoms with Crippen molar-refractivity contribution in [1.82, 2.24) is 10.1 Å². The average molecular weight is 320 g/mol. The van der Waals surface area contributed by atoms with Gasteiger partial charge in [-0.3, -0.25) is 0 Å². The van der Waals surface area contributed by atoms with Crippen LogP contribution in [0.25, 0.3) is 22.8 Å². The highest BCUT2D eigenvalue weighted by molar-refractivity contribution is 6.35. The standard InChI is InChI=1S/C15H11Cl2N3O/c1-8-4-12(18)2-3-13(8)15-19-14(20-21-15)9-5-10(16)7-11(17)6-9/h2-7H,18H2,1H3. The third-order valence-corrected chi connectivity index (χ3v) is 3.46. The van der Waals surface area contributed by atoms with Crippen LogP contribution >= 0.6 is 23.2 Å². The van der Waals surface area contributed by atoms with Crippen molar-refractivity contribution in [3.63, 3.8) is 0 Å². The van der Waals surface area contributed by atoms with Crippen molar-refractivity contribution in [3.05, 3.63) is 52.0 Å². The zero-order valence-corrected chi connectivity index (χ0v) is 12.6. The fraction of sp³-hybridized carbons (Fsp3) is 0.0667. The maximum atomic E-state index is 5.98. The molecule has 0 amide bonds. The van der Waals surface area contributed by atoms with E-state index in [0.29, 0.717) is 33.0 Å². The Balaban J connectivity index is 2.03. The molecule has 21 heavy (non-hydrogen) atoms. The van der Waals surface area contributed by atoms with Crippen LogP contribution in [0.2, 0.25) is 10.0 Å². The first-order chi connectivity index (χ1) is 10.0. The first-order valence-electron chi connectivity index (χ1n) is 6.19. The number of hydrogen-bond donors (Lipinski definition) is 1. The lowest BCUT2D eigenvalue weighted by Crippen LogP contribution is -1.89. The summed E-state index contributed by atoms with van der Waals surface area (Å²) in [4.78, 5) is 4.39. The van der Waals surface area contributed by atoms with E-state index in [1.54, 1.807) is 24.3 Å². The molecule has 3 aromatic rings. The van der Waals surface area contributed by atoms with E-state index in [9.17, 15) is 0 Å². The van der Waals surface area contributed by atoms with E-state index in [-0.39, 0.29) is 0 Å². The van der Waals surface area contributed by atoms with Crippen LogP contribution < -0.4 is 5.73 Å². The van der Waals surface area contributed by atoms with Gasteiger partial charge in [-0.2, -0.15) is 4.98 Å². The van der Waals surface area contributed by atoms with Crippen molar-refractivity contribution in [3.8, 4) is 22.8 Å². The van der Waals surface area contributed by atoms with Crippen LogP contribution in [0.4, 0.5) is 5.69 Å². The summed E-state index contributed by atoms with van der Waals surface area (Å²) < 4.78 is 5.32. The fourth-order valence-electron chi connectivity index (χ4n) is 2.06. The minimum atomic E-state index is 0.429. The molecule has 0 saturated heterocycles. The molecule has 0 unspecified atom stereocenters. The van der Waals surface area contributed by atoms with Gasteiger partial charge in [0.2, 0.25) is 5.82 Å². The third-order valence-electron chi connectivity index (χ3n) is 3.03. The summed E-state index contributed by atoms with van der Waals surface area (Å²) in [5.41, 5.74) is 8.95. The molecule has 6 heteroatoms. The summed E-state index contributed by atoms with van der Waals surface area (Å²) in [6, 6.07) is 10.6. The molecule has 0 aliphatic rings. The van der Waals surface area contributed by atoms with Gasteiger partial charge in [-0.25, -0.2) is 0 Å². The molecule has 0 spiro atoms. The van der Waals surface area contributed by atoms with Gasteiger partial charge in [0.25, 0.3) is 5.89 Å². The lowest BCUT2D eigenvalue weighted by molar-refractivity contribution is 0.432. The van der Waals surface area contributed by atoms with Crippen molar-refractivity contribution in [1.29, 1.82) is 0 Å². The van der Waals surface area contributed by atoms with Crippen molar-refractivity contribution in [2.75, 3.05) is 5.73 Å². The normalized spacial score (nSPS) is 10.8. The zero-order valence-electron chi connectivity index (χ0n) is 11.1. The van der Waals surface area contributed by atoms with E-state index in [2.05, 4.69) is 10.1 Å². The largest absolute Gasteiger partial charge is 0.399 e. The van der Waals surface area contributed by atoms with Gasteiger partial charge in [0.15, 0.2) is 0 Å². The van der Waals surface area contributed by atoms with Crippen LogP contribution in [-0.4, -0.2) is 10.1 Å². The predicted octanol–water partition coefficient (Wildman–Crippen LogP) is 4.60. The van der Waals surface area contributed by atoms with Crippen molar-refractivity contribution >= 4 is 28.9 Å². The second-order valence-electron chi connectivity index (χ2n) is 4.66. The van der Waals surface area contributed by atoms with Crippen molar-refractivity contribution in [2.24, 2.45) is 0 Å². The van der Waals surface area contributed by atoms with Gasteiger partial charge in [0.05, 0.1) is 0 Å². The highest BCUT2D eigenvalue weighted by Gasteiger charge is 2.13. The topological polar surface area (TPSA) is 64.9 Å². The molecule has 0 aliphatic heterocycles. The summed E-state index contributed by atoms with van der Waals surface area (Å²) in [6.07, 6.45) is 0. The van der Waals surface area contributed by atoms with Gasteiger partial charge >= 0.3 is 0 Å². The maximum Gasteiger partial charge on any atom is 0.258 e. The summed E-state index contributed by atoms with van der Waals surface area (Å²) in [5.74, 6) is 0.865. The van der Waals surface area contributed by atoms with Gasteiger partial charge in [-0.05, 0) is 48.9 Å². The molecule has 1 aromatic heterocycles. The minimum Gasteiger partial charge on any atom is -0.399 e. The number of aromatic nitrogens is 2. The number of anilines is 1. The van der Waals surface area contributed by atoms with E-state index in [1.165, 1.54) is 0 Å². The molecule has 106 valence electrons. The minimum absolute atomic E-state index is 0.429. The number of nitrogen functional groups attached to an aromatic ring is 1. The fourth-order valence-corrected chi connectivity index (χ4v) is 2.59. The van der Waals surface area contributed by atoms with Crippen LogP contribution in [0.1, 0.15) is 5.56 Å². The Morgan fingerprint density at radius 1 is 1.05 bits per heavy atom. The Morgan fingerprint density at radius 3 is 2.43 bits per heavy atom. The zero-order chi connectivity index (χ0) is 15.0. The second-order valence-corrected chi connectivity index (χ2v) is 5.53. The number of nitrogens with two attached hydrogens (primary N) is 1. The Kier molecular flexibility index (Phi) is 3.57. The van der Waals surface area contributed by atoms with Crippen LogP contribution in [-0.2, 0) is 0 Å². The van der Waals surface area contributed by atoms with E-state index < -0.39 is 0 Å². The Bertz CT molecular complexity index is 794. The summed E-state index contributed by atoms with van der Waals surface area (Å²) in [5, 5.41) is 5.02. The molecular formula is C15H11Cl2N3O.